The number of rotatable bonds is 3. The highest BCUT2D eigenvalue weighted by Crippen LogP contribution is 2.17. The normalized spacial score (nSPS) is 10.5. The molecule has 136 valence electrons. The van der Waals surface area contributed by atoms with E-state index in [1.807, 2.05) is 0 Å². The highest BCUT2D eigenvalue weighted by atomic mass is 79.9. The van der Waals surface area contributed by atoms with Crippen LogP contribution in [0.4, 0.5) is 4.39 Å². The lowest BCUT2D eigenvalue weighted by Crippen LogP contribution is -2.40. The second-order valence-electron chi connectivity index (χ2n) is 5.68. The van der Waals surface area contributed by atoms with Crippen molar-refractivity contribution in [3.05, 3.63) is 60.7 Å². The maximum absolute atomic E-state index is 13.9. The molecule has 0 aliphatic rings. The Morgan fingerprint density at radius 1 is 1.30 bits per heavy atom. The van der Waals surface area contributed by atoms with E-state index >= 15 is 0 Å². The van der Waals surface area contributed by atoms with Crippen LogP contribution in [0.3, 0.4) is 0 Å². The minimum Gasteiger partial charge on any atom is -0.301 e. The van der Waals surface area contributed by atoms with Gasteiger partial charge < -0.3 is 4.57 Å². The molecule has 0 fully saturated rings. The largest absolute Gasteiger partial charge is 0.332 e. The van der Waals surface area contributed by atoms with Gasteiger partial charge in [-0.25, -0.2) is 14.2 Å². The van der Waals surface area contributed by atoms with Crippen molar-refractivity contribution in [2.75, 3.05) is 0 Å². The Balaban J connectivity index is 2.30. The molecule has 2 aromatic heterocycles. The van der Waals surface area contributed by atoms with Gasteiger partial charge in [-0.15, -0.1) is 5.92 Å². The molecular formula is C18H13BrFN5O2. The van der Waals surface area contributed by atoms with E-state index in [4.69, 9.17) is 0 Å². The quantitative estimate of drug-likeness (QED) is 0.468. The van der Waals surface area contributed by atoms with E-state index in [-0.39, 0.29) is 35.4 Å². The first kappa shape index (κ1) is 18.6. The lowest BCUT2D eigenvalue weighted by atomic mass is 10.1. The summed E-state index contributed by atoms with van der Waals surface area (Å²) in [4.78, 5) is 29.9. The fraction of sp³-hybridized carbons (Fsp3) is 0.222. The van der Waals surface area contributed by atoms with Crippen LogP contribution in [0.15, 0.2) is 32.5 Å². The molecule has 0 amide bonds. The van der Waals surface area contributed by atoms with Gasteiger partial charge in [0.2, 0.25) is 0 Å². The van der Waals surface area contributed by atoms with E-state index in [2.05, 4.69) is 32.8 Å². The second-order valence-corrected chi connectivity index (χ2v) is 6.39. The first-order valence-corrected chi connectivity index (χ1v) is 8.62. The maximum atomic E-state index is 13.9. The third kappa shape index (κ3) is 3.07. The van der Waals surface area contributed by atoms with Crippen molar-refractivity contribution >= 4 is 27.1 Å². The van der Waals surface area contributed by atoms with Gasteiger partial charge in [0, 0.05) is 7.05 Å². The maximum Gasteiger partial charge on any atom is 0.332 e. The number of aryl methyl sites for hydroxylation is 1. The van der Waals surface area contributed by atoms with Crippen LogP contribution in [0.5, 0.6) is 0 Å². The van der Waals surface area contributed by atoms with Crippen molar-refractivity contribution in [2.45, 2.75) is 20.0 Å². The van der Waals surface area contributed by atoms with Crippen LogP contribution >= 0.6 is 15.9 Å². The van der Waals surface area contributed by atoms with Crippen LogP contribution in [0.2, 0.25) is 0 Å². The van der Waals surface area contributed by atoms with Gasteiger partial charge in [-0.05, 0) is 34.5 Å². The number of imidazole rings is 1. The third-order valence-corrected chi connectivity index (χ3v) is 4.75. The second kappa shape index (κ2) is 7.22. The Morgan fingerprint density at radius 3 is 2.70 bits per heavy atom. The van der Waals surface area contributed by atoms with E-state index in [0.717, 1.165) is 10.6 Å². The molecule has 3 rings (SSSR count). The average molecular weight is 430 g/mol. The van der Waals surface area contributed by atoms with Gasteiger partial charge in [0.05, 0.1) is 18.7 Å². The van der Waals surface area contributed by atoms with Crippen molar-refractivity contribution < 1.29 is 4.39 Å². The van der Waals surface area contributed by atoms with Gasteiger partial charge in [-0.2, -0.15) is 5.26 Å². The summed E-state index contributed by atoms with van der Waals surface area (Å²) in [6.45, 7) is 1.66. The van der Waals surface area contributed by atoms with Crippen molar-refractivity contribution in [1.82, 2.24) is 18.7 Å². The average Bonchev–Trinajstić information content (AvgIpc) is 2.98. The molecule has 0 N–H and O–H groups in total. The van der Waals surface area contributed by atoms with E-state index < -0.39 is 17.1 Å². The van der Waals surface area contributed by atoms with Gasteiger partial charge in [0.1, 0.15) is 11.9 Å². The lowest BCUT2D eigenvalue weighted by molar-refractivity contribution is 0.612. The van der Waals surface area contributed by atoms with Crippen molar-refractivity contribution in [1.29, 1.82) is 5.26 Å². The minimum atomic E-state index is -0.702. The zero-order valence-electron chi connectivity index (χ0n) is 14.5. The zero-order valence-corrected chi connectivity index (χ0v) is 16.0. The van der Waals surface area contributed by atoms with E-state index in [1.165, 1.54) is 23.7 Å². The number of hydrogen-bond donors (Lipinski definition) is 0. The molecule has 0 atom stereocenters. The highest BCUT2D eigenvalue weighted by Gasteiger charge is 2.20. The van der Waals surface area contributed by atoms with Crippen LogP contribution in [-0.4, -0.2) is 18.7 Å². The lowest BCUT2D eigenvalue weighted by Gasteiger charge is -2.10. The fourth-order valence-electron chi connectivity index (χ4n) is 2.78. The zero-order chi connectivity index (χ0) is 19.7. The van der Waals surface area contributed by atoms with Gasteiger partial charge in [0.15, 0.2) is 15.9 Å². The van der Waals surface area contributed by atoms with Gasteiger partial charge >= 0.3 is 5.69 Å². The molecule has 0 radical (unpaired) electrons. The number of benzene rings is 1. The van der Waals surface area contributed by atoms with Gasteiger partial charge in [-0.3, -0.25) is 13.9 Å². The fourth-order valence-corrected chi connectivity index (χ4v) is 3.25. The number of aromatic nitrogens is 4. The predicted molar refractivity (Wildman–Crippen MR) is 101 cm³/mol. The van der Waals surface area contributed by atoms with Crippen molar-refractivity contribution in [3.8, 4) is 17.9 Å². The summed E-state index contributed by atoms with van der Waals surface area (Å²) in [5, 5.41) is 9.19. The molecule has 1 aromatic carbocycles. The molecule has 2 heterocycles. The predicted octanol–water partition coefficient (Wildman–Crippen LogP) is 1.74. The molecule has 27 heavy (non-hydrogen) atoms. The molecule has 0 saturated carbocycles. The van der Waals surface area contributed by atoms with Gasteiger partial charge in [0.25, 0.3) is 5.56 Å². The SMILES string of the molecule is CC#CCn1c(Br)nc2c1c(=O)n(Cc1cccc(F)c1C#N)c(=O)n2C. The summed E-state index contributed by atoms with van der Waals surface area (Å²) >= 11 is 3.28. The number of halogens is 2. The summed E-state index contributed by atoms with van der Waals surface area (Å²) in [5.74, 6) is 4.90. The standard InChI is InChI=1S/C18H13BrFN5O2/c1-3-4-8-24-14-15(22-17(24)19)23(2)18(27)25(16(14)26)10-11-6-5-7-13(20)12(11)9-21/h5-7H,8,10H2,1-2H3. The summed E-state index contributed by atoms with van der Waals surface area (Å²) in [6.07, 6.45) is 0. The Hall–Kier alpha value is -3.17. The molecule has 0 unspecified atom stereocenters. The summed E-state index contributed by atoms with van der Waals surface area (Å²) in [5.41, 5.74) is -0.739. The molecule has 0 saturated heterocycles. The van der Waals surface area contributed by atoms with Crippen LogP contribution in [-0.2, 0) is 20.1 Å². The summed E-state index contributed by atoms with van der Waals surface area (Å²) in [6, 6.07) is 5.87. The minimum absolute atomic E-state index is 0.196. The molecule has 0 bridgehead atoms. The Morgan fingerprint density at radius 2 is 2.04 bits per heavy atom. The van der Waals surface area contributed by atoms with Crippen molar-refractivity contribution in [3.63, 3.8) is 0 Å². The van der Waals surface area contributed by atoms with E-state index in [0.29, 0.717) is 4.73 Å². The number of nitriles is 1. The molecule has 9 heteroatoms. The Bertz CT molecular complexity index is 1280. The van der Waals surface area contributed by atoms with Crippen LogP contribution in [0.1, 0.15) is 18.1 Å². The first-order chi connectivity index (χ1) is 12.9. The summed E-state index contributed by atoms with van der Waals surface area (Å²) in [7, 11) is 1.49. The molecule has 0 spiro atoms. The molecule has 0 aliphatic heterocycles. The molecule has 3 aromatic rings. The molecular weight excluding hydrogens is 417 g/mol. The van der Waals surface area contributed by atoms with Crippen molar-refractivity contribution in [2.24, 2.45) is 7.05 Å². The first-order valence-electron chi connectivity index (χ1n) is 7.83. The van der Waals surface area contributed by atoms with Gasteiger partial charge in [-0.1, -0.05) is 18.1 Å². The molecule has 0 aliphatic carbocycles. The van der Waals surface area contributed by atoms with E-state index in [9.17, 15) is 19.2 Å². The van der Waals surface area contributed by atoms with Crippen LogP contribution in [0.25, 0.3) is 11.2 Å². The number of fused-ring (bicyclic) bond motifs is 1. The van der Waals surface area contributed by atoms with E-state index in [1.54, 1.807) is 17.6 Å². The monoisotopic (exact) mass is 429 g/mol. The Labute approximate surface area is 161 Å². The summed E-state index contributed by atoms with van der Waals surface area (Å²) < 4.78 is 18.0. The number of hydrogen-bond acceptors (Lipinski definition) is 4. The van der Waals surface area contributed by atoms with Crippen LogP contribution in [0, 0.1) is 29.0 Å². The third-order valence-electron chi connectivity index (χ3n) is 4.14. The Kier molecular flexibility index (Phi) is 4.98. The number of nitrogens with zero attached hydrogens (tertiary/aromatic N) is 5. The molecule has 7 nitrogen and oxygen atoms in total. The smallest absolute Gasteiger partial charge is 0.301 e. The topological polar surface area (TPSA) is 85.6 Å². The highest BCUT2D eigenvalue weighted by molar-refractivity contribution is 9.10. The van der Waals surface area contributed by atoms with Crippen LogP contribution < -0.4 is 11.2 Å².